The Kier molecular flexibility index (Phi) is 5.65. The maximum Gasteiger partial charge on any atom is 0.243 e. The van der Waals surface area contributed by atoms with Crippen molar-refractivity contribution in [1.29, 1.82) is 0 Å². The van der Waals surface area contributed by atoms with Gasteiger partial charge >= 0.3 is 0 Å². The standard InChI is InChI=1S/C12H19NO3S2/c1-10(9-17-3)13(2)18(15,16)12-6-4-11(8-14)5-7-12/h4-7,10,14H,8-9H2,1-3H3. The SMILES string of the molecule is CSCC(C)N(C)S(=O)(=O)c1ccc(CO)cc1. The summed E-state index contributed by atoms with van der Waals surface area (Å²) in [5.41, 5.74) is 0.703. The van der Waals surface area contributed by atoms with Crippen molar-refractivity contribution in [2.24, 2.45) is 0 Å². The minimum absolute atomic E-state index is 0.0532. The van der Waals surface area contributed by atoms with Gasteiger partial charge in [-0.2, -0.15) is 16.1 Å². The molecule has 0 amide bonds. The minimum atomic E-state index is -3.45. The average molecular weight is 289 g/mol. The Balaban J connectivity index is 2.97. The molecule has 0 aliphatic carbocycles. The Labute approximate surface area is 113 Å². The smallest absolute Gasteiger partial charge is 0.243 e. The molecule has 6 heteroatoms. The third kappa shape index (κ3) is 3.47. The number of benzene rings is 1. The number of rotatable bonds is 6. The molecule has 0 heterocycles. The van der Waals surface area contributed by atoms with Crippen LogP contribution in [0, 0.1) is 0 Å². The van der Waals surface area contributed by atoms with Gasteiger partial charge < -0.3 is 5.11 Å². The third-order valence-corrected chi connectivity index (χ3v) is 5.61. The minimum Gasteiger partial charge on any atom is -0.392 e. The van der Waals surface area contributed by atoms with Crippen LogP contribution in [-0.2, 0) is 16.6 Å². The highest BCUT2D eigenvalue weighted by Gasteiger charge is 2.24. The topological polar surface area (TPSA) is 57.6 Å². The van der Waals surface area contributed by atoms with Crippen molar-refractivity contribution in [3.63, 3.8) is 0 Å². The third-order valence-electron chi connectivity index (χ3n) is 2.81. The van der Waals surface area contributed by atoms with Gasteiger partial charge in [0.1, 0.15) is 0 Å². The summed E-state index contributed by atoms with van der Waals surface area (Å²) in [4.78, 5) is 0.259. The zero-order valence-corrected chi connectivity index (χ0v) is 12.5. The van der Waals surface area contributed by atoms with E-state index in [9.17, 15) is 8.42 Å². The lowest BCUT2D eigenvalue weighted by Gasteiger charge is -2.23. The molecule has 0 aliphatic heterocycles. The van der Waals surface area contributed by atoms with Crippen LogP contribution in [-0.4, -0.2) is 42.9 Å². The number of hydrogen-bond acceptors (Lipinski definition) is 4. The summed E-state index contributed by atoms with van der Waals surface area (Å²) < 4.78 is 26.0. The van der Waals surface area contributed by atoms with Crippen LogP contribution in [0.1, 0.15) is 12.5 Å². The van der Waals surface area contributed by atoms with Crippen LogP contribution < -0.4 is 0 Å². The van der Waals surface area contributed by atoms with E-state index < -0.39 is 10.0 Å². The van der Waals surface area contributed by atoms with E-state index in [-0.39, 0.29) is 17.5 Å². The zero-order chi connectivity index (χ0) is 13.8. The molecule has 1 rings (SSSR count). The predicted molar refractivity (Wildman–Crippen MR) is 75.2 cm³/mol. The number of aliphatic hydroxyl groups is 1. The van der Waals surface area contributed by atoms with E-state index in [1.54, 1.807) is 30.9 Å². The van der Waals surface area contributed by atoms with Gasteiger partial charge in [0.05, 0.1) is 11.5 Å². The van der Waals surface area contributed by atoms with Crippen molar-refractivity contribution in [3.05, 3.63) is 29.8 Å². The highest BCUT2D eigenvalue weighted by molar-refractivity contribution is 7.98. The molecular weight excluding hydrogens is 270 g/mol. The van der Waals surface area contributed by atoms with Crippen LogP contribution in [0.5, 0.6) is 0 Å². The van der Waals surface area contributed by atoms with Gasteiger partial charge in [-0.3, -0.25) is 0 Å². The highest BCUT2D eigenvalue weighted by atomic mass is 32.2. The van der Waals surface area contributed by atoms with E-state index in [2.05, 4.69) is 0 Å². The molecule has 1 aromatic rings. The lowest BCUT2D eigenvalue weighted by Crippen LogP contribution is -2.36. The first-order valence-corrected chi connectivity index (χ1v) is 8.43. The van der Waals surface area contributed by atoms with Gasteiger partial charge in [0.25, 0.3) is 0 Å². The van der Waals surface area contributed by atoms with Gasteiger partial charge in [-0.1, -0.05) is 12.1 Å². The molecule has 1 unspecified atom stereocenters. The first-order valence-electron chi connectivity index (χ1n) is 5.60. The van der Waals surface area contributed by atoms with Crippen molar-refractivity contribution in [1.82, 2.24) is 4.31 Å². The second-order valence-electron chi connectivity index (χ2n) is 4.13. The molecule has 18 heavy (non-hydrogen) atoms. The van der Waals surface area contributed by atoms with Gasteiger partial charge in [-0.15, -0.1) is 0 Å². The molecule has 0 fully saturated rings. The Hall–Kier alpha value is -0.560. The predicted octanol–water partition coefficient (Wildman–Crippen LogP) is 1.55. The molecule has 1 atom stereocenters. The molecule has 102 valence electrons. The molecule has 0 saturated heterocycles. The van der Waals surface area contributed by atoms with Crippen LogP contribution in [0.3, 0.4) is 0 Å². The maximum atomic E-state index is 12.3. The molecular formula is C12H19NO3S2. The van der Waals surface area contributed by atoms with Crippen molar-refractivity contribution >= 4 is 21.8 Å². The Morgan fingerprint density at radius 1 is 1.33 bits per heavy atom. The summed E-state index contributed by atoms with van der Waals surface area (Å²) in [6, 6.07) is 6.26. The summed E-state index contributed by atoms with van der Waals surface area (Å²) in [5, 5.41) is 8.94. The summed E-state index contributed by atoms with van der Waals surface area (Å²) >= 11 is 1.62. The average Bonchev–Trinajstić information content (AvgIpc) is 2.38. The summed E-state index contributed by atoms with van der Waals surface area (Å²) in [6.45, 7) is 1.80. The summed E-state index contributed by atoms with van der Waals surface area (Å²) in [6.07, 6.45) is 1.95. The van der Waals surface area contributed by atoms with E-state index in [1.165, 1.54) is 16.4 Å². The monoisotopic (exact) mass is 289 g/mol. The van der Waals surface area contributed by atoms with Gasteiger partial charge in [-0.25, -0.2) is 8.42 Å². The molecule has 0 aliphatic rings. The summed E-state index contributed by atoms with van der Waals surface area (Å²) in [5.74, 6) is 0.754. The fourth-order valence-corrected chi connectivity index (χ4v) is 3.68. The van der Waals surface area contributed by atoms with Gasteiger partial charge in [0.2, 0.25) is 10.0 Å². The number of sulfonamides is 1. The van der Waals surface area contributed by atoms with Gasteiger partial charge in [-0.05, 0) is 30.9 Å². The molecule has 4 nitrogen and oxygen atoms in total. The van der Waals surface area contributed by atoms with Crippen LogP contribution in [0.4, 0.5) is 0 Å². The molecule has 0 radical (unpaired) electrons. The second kappa shape index (κ2) is 6.56. The molecule has 0 bridgehead atoms. The van der Waals surface area contributed by atoms with Gasteiger partial charge in [0, 0.05) is 18.8 Å². The number of hydrogen-bond donors (Lipinski definition) is 1. The largest absolute Gasteiger partial charge is 0.392 e. The van der Waals surface area contributed by atoms with Crippen molar-refractivity contribution in [3.8, 4) is 0 Å². The van der Waals surface area contributed by atoms with E-state index in [0.29, 0.717) is 5.56 Å². The van der Waals surface area contributed by atoms with Crippen LogP contribution in [0.15, 0.2) is 29.2 Å². The Morgan fingerprint density at radius 2 is 1.89 bits per heavy atom. The molecule has 1 aromatic carbocycles. The van der Waals surface area contributed by atoms with Crippen molar-refractivity contribution < 1.29 is 13.5 Å². The maximum absolute atomic E-state index is 12.3. The number of nitrogens with zero attached hydrogens (tertiary/aromatic N) is 1. The van der Waals surface area contributed by atoms with E-state index in [1.807, 2.05) is 13.2 Å². The van der Waals surface area contributed by atoms with Crippen molar-refractivity contribution in [2.45, 2.75) is 24.5 Å². The fraction of sp³-hybridized carbons (Fsp3) is 0.500. The lowest BCUT2D eigenvalue weighted by molar-refractivity contribution is 0.281. The normalized spacial score (nSPS) is 13.8. The van der Waals surface area contributed by atoms with E-state index in [4.69, 9.17) is 5.11 Å². The van der Waals surface area contributed by atoms with Gasteiger partial charge in [0.15, 0.2) is 0 Å². The lowest BCUT2D eigenvalue weighted by atomic mass is 10.2. The Morgan fingerprint density at radius 3 is 2.33 bits per heavy atom. The molecule has 1 N–H and O–H groups in total. The van der Waals surface area contributed by atoms with E-state index >= 15 is 0 Å². The fourth-order valence-electron chi connectivity index (χ4n) is 1.52. The second-order valence-corrected chi connectivity index (χ2v) is 7.04. The number of thioether (sulfide) groups is 1. The van der Waals surface area contributed by atoms with Crippen LogP contribution in [0.25, 0.3) is 0 Å². The molecule has 0 aromatic heterocycles. The number of aliphatic hydroxyl groups excluding tert-OH is 1. The Bertz CT molecular complexity index is 471. The quantitative estimate of drug-likeness (QED) is 0.863. The first kappa shape index (κ1) is 15.5. The molecule has 0 saturated carbocycles. The van der Waals surface area contributed by atoms with Crippen molar-refractivity contribution in [2.75, 3.05) is 19.1 Å². The zero-order valence-electron chi connectivity index (χ0n) is 10.8. The summed E-state index contributed by atoms with van der Waals surface area (Å²) in [7, 11) is -1.85. The van der Waals surface area contributed by atoms with Crippen LogP contribution in [0.2, 0.25) is 0 Å². The molecule has 0 spiro atoms. The first-order chi connectivity index (χ1) is 8.43. The van der Waals surface area contributed by atoms with E-state index in [0.717, 1.165) is 5.75 Å². The van der Waals surface area contributed by atoms with Crippen LogP contribution >= 0.6 is 11.8 Å². The highest BCUT2D eigenvalue weighted by Crippen LogP contribution is 2.18.